The lowest BCUT2D eigenvalue weighted by molar-refractivity contribution is -0.682. The van der Waals surface area contributed by atoms with E-state index in [1.807, 2.05) is 42.6 Å². The van der Waals surface area contributed by atoms with E-state index < -0.39 is 0 Å². The van der Waals surface area contributed by atoms with Crippen molar-refractivity contribution in [2.75, 3.05) is 6.54 Å². The van der Waals surface area contributed by atoms with E-state index in [0.29, 0.717) is 0 Å². The minimum atomic E-state index is -0.283. The maximum absolute atomic E-state index is 11.3. The summed E-state index contributed by atoms with van der Waals surface area (Å²) in [7, 11) is 0. The molecule has 2 amide bonds. The molecule has 1 aromatic rings. The predicted octanol–water partition coefficient (Wildman–Crippen LogP) is -0.522. The lowest BCUT2D eigenvalue weighted by Gasteiger charge is -2.10. The van der Waals surface area contributed by atoms with Crippen molar-refractivity contribution in [2.45, 2.75) is 19.9 Å². The van der Waals surface area contributed by atoms with Gasteiger partial charge in [-0.25, -0.2) is 0 Å². The number of carbonyl (C=O) groups excluding carboxylic acids is 2. The summed E-state index contributed by atoms with van der Waals surface area (Å²) >= 11 is 0. The lowest BCUT2D eigenvalue weighted by Crippen LogP contribution is -2.87. The summed E-state index contributed by atoms with van der Waals surface area (Å²) < 4.78 is 0. The Balaban J connectivity index is 2.31. The molecule has 17 heavy (non-hydrogen) atoms. The number of carbonyl (C=O) groups is 2. The van der Waals surface area contributed by atoms with Crippen LogP contribution in [-0.2, 0) is 9.59 Å². The fraction of sp³-hybridized carbons (Fsp3) is 0.333. The van der Waals surface area contributed by atoms with Crippen LogP contribution in [0.2, 0.25) is 0 Å². The van der Waals surface area contributed by atoms with Gasteiger partial charge in [0.1, 0.15) is 6.04 Å². The Morgan fingerprint density at radius 2 is 1.88 bits per heavy atom. The van der Waals surface area contributed by atoms with Gasteiger partial charge >= 0.3 is 0 Å². The van der Waals surface area contributed by atoms with Gasteiger partial charge in [-0.05, 0) is 6.92 Å². The van der Waals surface area contributed by atoms with Crippen LogP contribution in [0.3, 0.4) is 0 Å². The van der Waals surface area contributed by atoms with Gasteiger partial charge in [-0.3, -0.25) is 20.4 Å². The van der Waals surface area contributed by atoms with Gasteiger partial charge in [0.25, 0.3) is 5.91 Å². The van der Waals surface area contributed by atoms with Crippen LogP contribution < -0.4 is 16.2 Å². The van der Waals surface area contributed by atoms with Crippen LogP contribution in [0.25, 0.3) is 0 Å². The first-order valence-electron chi connectivity index (χ1n) is 5.53. The minimum absolute atomic E-state index is 0.208. The van der Waals surface area contributed by atoms with Gasteiger partial charge in [-0.15, -0.1) is 0 Å². The first kappa shape index (κ1) is 13.2. The molecule has 0 aromatic heterocycles. The number of hydrazine groups is 1. The summed E-state index contributed by atoms with van der Waals surface area (Å²) in [6.07, 6.45) is 0. The Bertz CT molecular complexity index is 379. The van der Waals surface area contributed by atoms with Gasteiger partial charge < -0.3 is 5.32 Å². The number of benzene rings is 1. The standard InChI is InChI=1S/C12H17N3O2/c1-9(11-6-4-3-5-7-11)13-8-12(17)15-14-10(2)16/h3-7,9,13H,8H2,1-2H3,(H,14,16)(H,15,17)/p+1/t9-/m0/s1. The third kappa shape index (κ3) is 5.12. The Labute approximate surface area is 101 Å². The highest BCUT2D eigenvalue weighted by Crippen LogP contribution is 2.05. The highest BCUT2D eigenvalue weighted by atomic mass is 16.2. The molecular formula is C12H18N3O2+. The fourth-order valence-electron chi connectivity index (χ4n) is 1.39. The van der Waals surface area contributed by atoms with Crippen molar-refractivity contribution in [2.24, 2.45) is 0 Å². The van der Waals surface area contributed by atoms with Crippen molar-refractivity contribution >= 4 is 11.8 Å². The van der Waals surface area contributed by atoms with Crippen molar-refractivity contribution in [3.8, 4) is 0 Å². The van der Waals surface area contributed by atoms with E-state index >= 15 is 0 Å². The van der Waals surface area contributed by atoms with Crippen LogP contribution >= 0.6 is 0 Å². The molecule has 0 saturated heterocycles. The number of rotatable bonds is 4. The van der Waals surface area contributed by atoms with E-state index in [-0.39, 0.29) is 24.4 Å². The molecule has 0 aliphatic heterocycles. The normalized spacial score (nSPS) is 11.6. The number of hydrogen-bond acceptors (Lipinski definition) is 2. The quantitative estimate of drug-likeness (QED) is 0.615. The third-order valence-electron chi connectivity index (χ3n) is 2.36. The van der Waals surface area contributed by atoms with Crippen molar-refractivity contribution in [3.05, 3.63) is 35.9 Å². The van der Waals surface area contributed by atoms with Crippen LogP contribution in [0.15, 0.2) is 30.3 Å². The van der Waals surface area contributed by atoms with E-state index in [9.17, 15) is 9.59 Å². The zero-order valence-electron chi connectivity index (χ0n) is 10.1. The molecule has 0 radical (unpaired) electrons. The molecule has 0 heterocycles. The van der Waals surface area contributed by atoms with E-state index in [1.54, 1.807) is 0 Å². The number of nitrogens with two attached hydrogens (primary N) is 1. The predicted molar refractivity (Wildman–Crippen MR) is 63.6 cm³/mol. The van der Waals surface area contributed by atoms with Gasteiger partial charge in [0.05, 0.1) is 0 Å². The minimum Gasteiger partial charge on any atom is -0.332 e. The molecule has 0 spiro atoms. The summed E-state index contributed by atoms with van der Waals surface area (Å²) in [5.41, 5.74) is 5.74. The fourth-order valence-corrected chi connectivity index (χ4v) is 1.39. The maximum atomic E-state index is 11.3. The van der Waals surface area contributed by atoms with Crippen molar-refractivity contribution in [1.82, 2.24) is 10.9 Å². The summed E-state index contributed by atoms with van der Waals surface area (Å²) in [6, 6.07) is 10.1. The van der Waals surface area contributed by atoms with Crippen LogP contribution in [0.4, 0.5) is 0 Å². The second kappa shape index (κ2) is 6.65. The van der Waals surface area contributed by atoms with E-state index in [4.69, 9.17) is 0 Å². The van der Waals surface area contributed by atoms with Crippen molar-refractivity contribution in [3.63, 3.8) is 0 Å². The number of hydrogen-bond donors (Lipinski definition) is 3. The van der Waals surface area contributed by atoms with E-state index in [0.717, 1.165) is 0 Å². The number of nitrogens with one attached hydrogen (secondary N) is 2. The SMILES string of the molecule is CC(=O)NNC(=O)C[NH2+][C@@H](C)c1ccccc1. The van der Waals surface area contributed by atoms with Gasteiger partial charge in [0.2, 0.25) is 5.91 Å². The Hall–Kier alpha value is -1.88. The van der Waals surface area contributed by atoms with Crippen molar-refractivity contribution < 1.29 is 14.9 Å². The van der Waals surface area contributed by atoms with Crippen LogP contribution in [-0.4, -0.2) is 18.4 Å². The van der Waals surface area contributed by atoms with Crippen LogP contribution in [0.1, 0.15) is 25.5 Å². The summed E-state index contributed by atoms with van der Waals surface area (Å²) in [5, 5.41) is 1.91. The Morgan fingerprint density at radius 3 is 2.47 bits per heavy atom. The molecular weight excluding hydrogens is 218 g/mol. The summed E-state index contributed by atoms with van der Waals surface area (Å²) in [5.74, 6) is -0.502. The lowest BCUT2D eigenvalue weighted by atomic mass is 10.1. The molecule has 5 nitrogen and oxygen atoms in total. The van der Waals surface area contributed by atoms with E-state index in [2.05, 4.69) is 10.9 Å². The average Bonchev–Trinajstić information content (AvgIpc) is 2.34. The second-order valence-electron chi connectivity index (χ2n) is 3.87. The van der Waals surface area contributed by atoms with Gasteiger partial charge in [0.15, 0.2) is 6.54 Å². The first-order chi connectivity index (χ1) is 8.09. The van der Waals surface area contributed by atoms with Gasteiger partial charge in [0, 0.05) is 12.5 Å². The monoisotopic (exact) mass is 236 g/mol. The Kier molecular flexibility index (Phi) is 5.16. The smallest absolute Gasteiger partial charge is 0.293 e. The summed E-state index contributed by atoms with van der Waals surface area (Å²) in [4.78, 5) is 21.9. The molecule has 92 valence electrons. The Morgan fingerprint density at radius 1 is 1.24 bits per heavy atom. The highest BCUT2D eigenvalue weighted by molar-refractivity contribution is 5.81. The molecule has 0 aliphatic rings. The summed E-state index contributed by atoms with van der Waals surface area (Å²) in [6.45, 7) is 3.65. The molecule has 4 N–H and O–H groups in total. The van der Waals surface area contributed by atoms with Gasteiger partial charge in [-0.1, -0.05) is 30.3 Å². The van der Waals surface area contributed by atoms with Crippen molar-refractivity contribution in [1.29, 1.82) is 0 Å². The number of amides is 2. The molecule has 0 bridgehead atoms. The topological polar surface area (TPSA) is 74.8 Å². The van der Waals surface area contributed by atoms with Crippen LogP contribution in [0.5, 0.6) is 0 Å². The van der Waals surface area contributed by atoms with E-state index in [1.165, 1.54) is 12.5 Å². The largest absolute Gasteiger partial charge is 0.332 e. The molecule has 1 aromatic carbocycles. The van der Waals surface area contributed by atoms with Gasteiger partial charge in [-0.2, -0.15) is 0 Å². The highest BCUT2D eigenvalue weighted by Gasteiger charge is 2.10. The molecule has 0 fully saturated rings. The average molecular weight is 236 g/mol. The molecule has 1 atom stereocenters. The molecule has 1 rings (SSSR count). The maximum Gasteiger partial charge on any atom is 0.293 e. The molecule has 0 unspecified atom stereocenters. The second-order valence-corrected chi connectivity index (χ2v) is 3.87. The third-order valence-corrected chi connectivity index (χ3v) is 2.36. The zero-order valence-corrected chi connectivity index (χ0v) is 10.1. The number of quaternary nitrogens is 1. The first-order valence-corrected chi connectivity index (χ1v) is 5.53. The molecule has 0 saturated carbocycles. The zero-order chi connectivity index (χ0) is 12.7. The van der Waals surface area contributed by atoms with Crippen LogP contribution in [0, 0.1) is 0 Å². The molecule has 0 aliphatic carbocycles. The molecule has 5 heteroatoms.